The third-order valence-corrected chi connectivity index (χ3v) is 2.78. The number of carbonyl (C=O) groups excluding carboxylic acids is 1. The first-order valence-corrected chi connectivity index (χ1v) is 5.75. The molecule has 0 radical (unpaired) electrons. The summed E-state index contributed by atoms with van der Waals surface area (Å²) in [5, 5.41) is 11.7. The van der Waals surface area contributed by atoms with Crippen molar-refractivity contribution < 1.29 is 14.3 Å². The highest BCUT2D eigenvalue weighted by atomic mass is 79.9. The van der Waals surface area contributed by atoms with E-state index in [0.717, 1.165) is 0 Å². The number of aliphatic hydroxyl groups excluding tert-OH is 1. The molecule has 0 aromatic heterocycles. The lowest BCUT2D eigenvalue weighted by Gasteiger charge is -2.10. The van der Waals surface area contributed by atoms with Crippen LogP contribution in [0.15, 0.2) is 22.7 Å². The van der Waals surface area contributed by atoms with E-state index >= 15 is 0 Å². The number of carbonyl (C=O) groups is 1. The largest absolute Gasteiger partial charge is 0.391 e. The Kier molecular flexibility index (Phi) is 4.89. The Morgan fingerprint density at radius 1 is 1.62 bits per heavy atom. The van der Waals surface area contributed by atoms with Gasteiger partial charge in [0.05, 0.1) is 16.1 Å². The third-order valence-electron chi connectivity index (χ3n) is 2.17. The Labute approximate surface area is 102 Å². The van der Waals surface area contributed by atoms with Crippen LogP contribution in [0.2, 0.25) is 0 Å². The molecule has 0 saturated carbocycles. The lowest BCUT2D eigenvalue weighted by Crippen LogP contribution is -2.32. The Morgan fingerprint density at radius 3 is 2.94 bits per heavy atom. The summed E-state index contributed by atoms with van der Waals surface area (Å²) in [6, 6.07) is 4.50. The first-order chi connectivity index (χ1) is 7.56. The molecular formula is C11H13BrFNO2. The zero-order chi connectivity index (χ0) is 12.1. The monoisotopic (exact) mass is 289 g/mol. The number of aliphatic hydroxyl groups is 1. The molecule has 0 fully saturated rings. The van der Waals surface area contributed by atoms with E-state index in [-0.39, 0.29) is 16.6 Å². The summed E-state index contributed by atoms with van der Waals surface area (Å²) in [4.78, 5) is 11.6. The Bertz CT molecular complexity index is 384. The molecule has 0 aliphatic rings. The maximum absolute atomic E-state index is 13.5. The molecule has 0 heterocycles. The van der Waals surface area contributed by atoms with Gasteiger partial charge in [-0.25, -0.2) is 4.39 Å². The number of rotatable bonds is 4. The maximum atomic E-state index is 13.5. The summed E-state index contributed by atoms with van der Waals surface area (Å²) in [7, 11) is 0. The summed E-state index contributed by atoms with van der Waals surface area (Å²) in [6.45, 7) is 1.93. The minimum Gasteiger partial charge on any atom is -0.391 e. The predicted octanol–water partition coefficient (Wildman–Crippen LogP) is 2.09. The number of nitrogens with one attached hydrogen (secondary N) is 1. The van der Waals surface area contributed by atoms with Crippen LogP contribution < -0.4 is 5.32 Å². The molecule has 16 heavy (non-hydrogen) atoms. The second-order valence-corrected chi connectivity index (χ2v) is 4.23. The molecule has 5 heteroatoms. The second-order valence-electron chi connectivity index (χ2n) is 3.37. The van der Waals surface area contributed by atoms with Gasteiger partial charge in [0.25, 0.3) is 5.91 Å². The van der Waals surface area contributed by atoms with Crippen LogP contribution in [0, 0.1) is 5.82 Å². The smallest absolute Gasteiger partial charge is 0.254 e. The van der Waals surface area contributed by atoms with Crippen LogP contribution in [0.5, 0.6) is 0 Å². The number of benzene rings is 1. The van der Waals surface area contributed by atoms with Crippen molar-refractivity contribution in [1.82, 2.24) is 5.32 Å². The van der Waals surface area contributed by atoms with Gasteiger partial charge in [-0.2, -0.15) is 0 Å². The average molecular weight is 290 g/mol. The fourth-order valence-corrected chi connectivity index (χ4v) is 1.50. The fraction of sp³-hybridized carbons (Fsp3) is 0.364. The van der Waals surface area contributed by atoms with E-state index in [4.69, 9.17) is 0 Å². The van der Waals surface area contributed by atoms with Gasteiger partial charge in [-0.15, -0.1) is 0 Å². The molecule has 3 nitrogen and oxygen atoms in total. The van der Waals surface area contributed by atoms with Crippen LogP contribution >= 0.6 is 15.9 Å². The van der Waals surface area contributed by atoms with Crippen LogP contribution in [0.3, 0.4) is 0 Å². The fourth-order valence-electron chi connectivity index (χ4n) is 1.13. The Morgan fingerprint density at radius 2 is 2.31 bits per heavy atom. The first-order valence-electron chi connectivity index (χ1n) is 4.96. The van der Waals surface area contributed by atoms with Crippen LogP contribution in [0.25, 0.3) is 0 Å². The van der Waals surface area contributed by atoms with Gasteiger partial charge in [-0.1, -0.05) is 13.0 Å². The van der Waals surface area contributed by atoms with E-state index in [9.17, 15) is 14.3 Å². The Balaban J connectivity index is 2.70. The first kappa shape index (κ1) is 13.1. The quantitative estimate of drug-likeness (QED) is 0.892. The Hall–Kier alpha value is -0.940. The molecule has 1 amide bonds. The minimum atomic E-state index is -0.598. The van der Waals surface area contributed by atoms with Crippen LogP contribution in [0.1, 0.15) is 23.7 Å². The third kappa shape index (κ3) is 3.28. The van der Waals surface area contributed by atoms with Crippen LogP contribution in [-0.4, -0.2) is 23.7 Å². The van der Waals surface area contributed by atoms with Crippen LogP contribution in [0.4, 0.5) is 4.39 Å². The minimum absolute atomic E-state index is 0.0299. The molecule has 2 N–H and O–H groups in total. The molecule has 0 aliphatic heterocycles. The molecule has 1 unspecified atom stereocenters. The van der Waals surface area contributed by atoms with Gasteiger partial charge in [-0.05, 0) is 34.5 Å². The molecule has 1 aromatic carbocycles. The predicted molar refractivity (Wildman–Crippen MR) is 62.7 cm³/mol. The zero-order valence-corrected chi connectivity index (χ0v) is 10.4. The highest BCUT2D eigenvalue weighted by molar-refractivity contribution is 9.10. The van der Waals surface area contributed by atoms with Crippen molar-refractivity contribution in [2.24, 2.45) is 0 Å². The number of halogens is 2. The number of hydrogen-bond acceptors (Lipinski definition) is 2. The van der Waals surface area contributed by atoms with Gasteiger partial charge in [0.1, 0.15) is 5.82 Å². The van der Waals surface area contributed by atoms with Gasteiger partial charge in [-0.3, -0.25) is 4.79 Å². The molecule has 0 aliphatic carbocycles. The van der Waals surface area contributed by atoms with Gasteiger partial charge in [0, 0.05) is 6.54 Å². The van der Waals surface area contributed by atoms with Crippen LogP contribution in [-0.2, 0) is 0 Å². The van der Waals surface area contributed by atoms with Gasteiger partial charge in [0.2, 0.25) is 0 Å². The van der Waals surface area contributed by atoms with Gasteiger partial charge in [0.15, 0.2) is 0 Å². The number of amides is 1. The average Bonchev–Trinajstić information content (AvgIpc) is 2.29. The summed E-state index contributed by atoms with van der Waals surface area (Å²) in [5.74, 6) is -1.11. The van der Waals surface area contributed by atoms with E-state index in [1.807, 2.05) is 0 Å². The molecular weight excluding hydrogens is 277 g/mol. The molecule has 0 saturated heterocycles. The van der Waals surface area contributed by atoms with Gasteiger partial charge >= 0.3 is 0 Å². The second kappa shape index (κ2) is 5.96. The van der Waals surface area contributed by atoms with Crippen molar-refractivity contribution in [2.75, 3.05) is 6.54 Å². The van der Waals surface area contributed by atoms with E-state index < -0.39 is 17.8 Å². The van der Waals surface area contributed by atoms with Crippen molar-refractivity contribution >= 4 is 21.8 Å². The highest BCUT2D eigenvalue weighted by Gasteiger charge is 2.14. The van der Waals surface area contributed by atoms with E-state index in [2.05, 4.69) is 21.2 Å². The molecule has 0 spiro atoms. The molecule has 88 valence electrons. The molecule has 0 bridgehead atoms. The van der Waals surface area contributed by atoms with E-state index in [1.165, 1.54) is 12.1 Å². The maximum Gasteiger partial charge on any atom is 0.254 e. The summed E-state index contributed by atoms with van der Waals surface area (Å²) >= 11 is 3.00. The summed E-state index contributed by atoms with van der Waals surface area (Å²) < 4.78 is 13.7. The standard InChI is InChI=1S/C11H13BrFNO2/c1-2-7(15)6-14-11(16)8-4-3-5-9(12)10(8)13/h3-5,7,15H,2,6H2,1H3,(H,14,16). The lowest BCUT2D eigenvalue weighted by atomic mass is 10.2. The lowest BCUT2D eigenvalue weighted by molar-refractivity contribution is 0.0909. The molecule has 1 rings (SSSR count). The SMILES string of the molecule is CCC(O)CNC(=O)c1cccc(Br)c1F. The molecule has 1 atom stereocenters. The van der Waals surface area contributed by atoms with Crippen molar-refractivity contribution in [1.29, 1.82) is 0 Å². The van der Waals surface area contributed by atoms with E-state index in [1.54, 1.807) is 13.0 Å². The van der Waals surface area contributed by atoms with Crippen molar-refractivity contribution in [2.45, 2.75) is 19.4 Å². The van der Waals surface area contributed by atoms with Crippen molar-refractivity contribution in [3.8, 4) is 0 Å². The normalized spacial score (nSPS) is 12.2. The highest BCUT2D eigenvalue weighted by Crippen LogP contribution is 2.18. The molecule has 1 aromatic rings. The summed E-state index contributed by atoms with van der Waals surface area (Å²) in [6.07, 6.45) is -0.0551. The van der Waals surface area contributed by atoms with Gasteiger partial charge < -0.3 is 10.4 Å². The van der Waals surface area contributed by atoms with Crippen molar-refractivity contribution in [3.63, 3.8) is 0 Å². The summed E-state index contributed by atoms with van der Waals surface area (Å²) in [5.41, 5.74) is -0.0299. The van der Waals surface area contributed by atoms with E-state index in [0.29, 0.717) is 6.42 Å². The van der Waals surface area contributed by atoms with Crippen molar-refractivity contribution in [3.05, 3.63) is 34.1 Å². The zero-order valence-electron chi connectivity index (χ0n) is 8.84. The number of hydrogen-bond donors (Lipinski definition) is 2. The topological polar surface area (TPSA) is 49.3 Å².